The van der Waals surface area contributed by atoms with Crippen molar-refractivity contribution in [3.63, 3.8) is 0 Å². The van der Waals surface area contributed by atoms with Gasteiger partial charge in [0, 0.05) is 25.2 Å². The summed E-state index contributed by atoms with van der Waals surface area (Å²) in [5, 5.41) is 3.22. The van der Waals surface area contributed by atoms with E-state index >= 15 is 0 Å². The minimum atomic E-state index is -4.36. The maximum absolute atomic E-state index is 13.1. The maximum Gasteiger partial charge on any atom is 0.416 e. The van der Waals surface area contributed by atoms with Crippen LogP contribution >= 0.6 is 0 Å². The predicted octanol–water partition coefficient (Wildman–Crippen LogP) is 3.35. The Morgan fingerprint density at radius 3 is 2.70 bits per heavy atom. The number of morpholine rings is 1. The molecule has 0 aliphatic carbocycles. The zero-order valence-corrected chi connectivity index (χ0v) is 12.4. The number of pyridine rings is 1. The molecule has 2 heterocycles. The van der Waals surface area contributed by atoms with Gasteiger partial charge in [-0.1, -0.05) is 24.3 Å². The van der Waals surface area contributed by atoms with Gasteiger partial charge in [0.05, 0.1) is 17.9 Å². The van der Waals surface area contributed by atoms with Crippen molar-refractivity contribution in [1.29, 1.82) is 0 Å². The number of aromatic nitrogens is 1. The molecule has 0 saturated carbocycles. The second-order valence-corrected chi connectivity index (χ2v) is 5.45. The molecule has 1 aliphatic heterocycles. The summed E-state index contributed by atoms with van der Waals surface area (Å²) in [5.41, 5.74) is 0.975. The number of rotatable bonds is 3. The Hall–Kier alpha value is -1.92. The van der Waals surface area contributed by atoms with Gasteiger partial charge < -0.3 is 10.1 Å². The van der Waals surface area contributed by atoms with Gasteiger partial charge in [-0.15, -0.1) is 0 Å². The molecule has 1 aromatic heterocycles. The Morgan fingerprint density at radius 1 is 1.13 bits per heavy atom. The van der Waals surface area contributed by atoms with Crippen LogP contribution in [0.4, 0.5) is 13.2 Å². The topological polar surface area (TPSA) is 34.1 Å². The zero-order chi connectivity index (χ0) is 16.3. The van der Waals surface area contributed by atoms with Gasteiger partial charge in [0.2, 0.25) is 0 Å². The molecule has 2 aromatic rings. The van der Waals surface area contributed by atoms with E-state index < -0.39 is 11.7 Å². The molecule has 1 aromatic carbocycles. The number of hydrogen-bond donors (Lipinski definition) is 1. The number of nitrogens with zero attached hydrogens (tertiary/aromatic N) is 1. The lowest BCUT2D eigenvalue weighted by molar-refractivity contribution is -0.138. The first-order valence-electron chi connectivity index (χ1n) is 7.47. The number of hydrogen-bond acceptors (Lipinski definition) is 3. The molecule has 122 valence electrons. The van der Waals surface area contributed by atoms with Crippen LogP contribution < -0.4 is 5.32 Å². The summed E-state index contributed by atoms with van der Waals surface area (Å²) < 4.78 is 44.9. The SMILES string of the molecule is FC(F)(F)c1ccccc1Cc1cccc([C@H]2CNCCO2)n1. The zero-order valence-electron chi connectivity index (χ0n) is 12.4. The van der Waals surface area contributed by atoms with Crippen LogP contribution in [0.5, 0.6) is 0 Å². The van der Waals surface area contributed by atoms with Gasteiger partial charge in [0.1, 0.15) is 6.10 Å². The largest absolute Gasteiger partial charge is 0.416 e. The van der Waals surface area contributed by atoms with E-state index in [9.17, 15) is 13.2 Å². The Balaban J connectivity index is 1.84. The van der Waals surface area contributed by atoms with Gasteiger partial charge >= 0.3 is 6.18 Å². The van der Waals surface area contributed by atoms with E-state index in [1.54, 1.807) is 12.1 Å². The normalized spacial score (nSPS) is 18.8. The average Bonchev–Trinajstić information content (AvgIpc) is 2.55. The van der Waals surface area contributed by atoms with Crippen molar-refractivity contribution in [2.75, 3.05) is 19.7 Å². The molecule has 3 rings (SSSR count). The Bertz CT molecular complexity index is 667. The van der Waals surface area contributed by atoms with Gasteiger partial charge in [0.15, 0.2) is 0 Å². The van der Waals surface area contributed by atoms with Gasteiger partial charge in [-0.2, -0.15) is 13.2 Å². The average molecular weight is 322 g/mol. The van der Waals surface area contributed by atoms with Crippen LogP contribution in [0.15, 0.2) is 42.5 Å². The third-order valence-electron chi connectivity index (χ3n) is 3.78. The second-order valence-electron chi connectivity index (χ2n) is 5.45. The van der Waals surface area contributed by atoms with E-state index in [1.165, 1.54) is 12.1 Å². The number of alkyl halides is 3. The molecule has 6 heteroatoms. The van der Waals surface area contributed by atoms with Gasteiger partial charge in [0.25, 0.3) is 0 Å². The Morgan fingerprint density at radius 2 is 1.96 bits per heavy atom. The van der Waals surface area contributed by atoms with E-state index in [4.69, 9.17) is 4.74 Å². The number of halogens is 3. The summed E-state index contributed by atoms with van der Waals surface area (Å²) >= 11 is 0. The highest BCUT2D eigenvalue weighted by Crippen LogP contribution is 2.32. The van der Waals surface area contributed by atoms with Gasteiger partial charge in [-0.05, 0) is 23.8 Å². The van der Waals surface area contributed by atoms with Crippen molar-refractivity contribution < 1.29 is 17.9 Å². The fraction of sp³-hybridized carbons (Fsp3) is 0.353. The van der Waals surface area contributed by atoms with Crippen LogP contribution in [0.25, 0.3) is 0 Å². The molecule has 1 saturated heterocycles. The van der Waals surface area contributed by atoms with Crippen molar-refractivity contribution in [2.24, 2.45) is 0 Å². The van der Waals surface area contributed by atoms with Crippen molar-refractivity contribution in [3.8, 4) is 0 Å². The van der Waals surface area contributed by atoms with Crippen LogP contribution in [0.2, 0.25) is 0 Å². The maximum atomic E-state index is 13.1. The highest BCUT2D eigenvalue weighted by atomic mass is 19.4. The fourth-order valence-electron chi connectivity index (χ4n) is 2.68. The fourth-order valence-corrected chi connectivity index (χ4v) is 2.68. The first-order chi connectivity index (χ1) is 11.0. The first kappa shape index (κ1) is 16.0. The summed E-state index contributed by atoms with van der Waals surface area (Å²) in [5.74, 6) is 0. The molecule has 0 spiro atoms. The highest BCUT2D eigenvalue weighted by Gasteiger charge is 2.32. The Labute approximate surface area is 132 Å². The number of nitrogens with one attached hydrogen (secondary N) is 1. The molecule has 0 radical (unpaired) electrons. The summed E-state index contributed by atoms with van der Waals surface area (Å²) in [6, 6.07) is 11.0. The molecule has 0 bridgehead atoms. The van der Waals surface area contributed by atoms with Crippen molar-refractivity contribution in [1.82, 2.24) is 10.3 Å². The molecule has 0 amide bonds. The van der Waals surface area contributed by atoms with E-state index in [0.717, 1.165) is 18.3 Å². The van der Waals surface area contributed by atoms with Crippen molar-refractivity contribution in [3.05, 3.63) is 65.0 Å². The van der Waals surface area contributed by atoms with Gasteiger partial charge in [-0.3, -0.25) is 4.98 Å². The van der Waals surface area contributed by atoms with Crippen LogP contribution in [-0.4, -0.2) is 24.7 Å². The number of ether oxygens (including phenoxy) is 1. The van der Waals surface area contributed by atoms with E-state index in [-0.39, 0.29) is 18.1 Å². The molecule has 0 unspecified atom stereocenters. The summed E-state index contributed by atoms with van der Waals surface area (Å²) in [4.78, 5) is 4.48. The summed E-state index contributed by atoms with van der Waals surface area (Å²) in [6.07, 6.45) is -4.37. The van der Waals surface area contributed by atoms with E-state index in [0.29, 0.717) is 18.8 Å². The second kappa shape index (κ2) is 6.68. The lowest BCUT2D eigenvalue weighted by atomic mass is 10.0. The molecular weight excluding hydrogens is 305 g/mol. The molecule has 3 nitrogen and oxygen atoms in total. The third-order valence-corrected chi connectivity index (χ3v) is 3.78. The van der Waals surface area contributed by atoms with Crippen LogP contribution in [0.1, 0.15) is 28.6 Å². The van der Waals surface area contributed by atoms with Crippen molar-refractivity contribution >= 4 is 0 Å². The summed E-state index contributed by atoms with van der Waals surface area (Å²) in [7, 11) is 0. The van der Waals surface area contributed by atoms with Crippen LogP contribution in [0.3, 0.4) is 0 Å². The number of benzene rings is 1. The third kappa shape index (κ3) is 3.89. The molecule has 1 atom stereocenters. The van der Waals surface area contributed by atoms with Crippen LogP contribution in [0, 0.1) is 0 Å². The quantitative estimate of drug-likeness (QED) is 0.941. The smallest absolute Gasteiger partial charge is 0.369 e. The molecular formula is C17H17F3N2O. The van der Waals surface area contributed by atoms with Crippen LogP contribution in [-0.2, 0) is 17.3 Å². The minimum absolute atomic E-state index is 0.143. The molecule has 1 fully saturated rings. The molecule has 1 aliphatic rings. The standard InChI is InChI=1S/C17H17F3N2O/c18-17(19,20)14-6-2-1-4-12(14)10-13-5-3-7-15(22-13)16-11-21-8-9-23-16/h1-7,16,21H,8-11H2/t16-/m1/s1. The summed E-state index contributed by atoms with van der Waals surface area (Å²) in [6.45, 7) is 2.07. The predicted molar refractivity (Wildman–Crippen MR) is 80.0 cm³/mol. The lowest BCUT2D eigenvalue weighted by Gasteiger charge is -2.23. The molecule has 23 heavy (non-hydrogen) atoms. The monoisotopic (exact) mass is 322 g/mol. The minimum Gasteiger partial charge on any atom is -0.369 e. The Kier molecular flexibility index (Phi) is 4.63. The van der Waals surface area contributed by atoms with Gasteiger partial charge in [-0.25, -0.2) is 0 Å². The van der Waals surface area contributed by atoms with E-state index in [2.05, 4.69) is 10.3 Å². The lowest BCUT2D eigenvalue weighted by Crippen LogP contribution is -2.33. The van der Waals surface area contributed by atoms with Crippen molar-refractivity contribution in [2.45, 2.75) is 18.7 Å². The molecule has 1 N–H and O–H groups in total. The first-order valence-corrected chi connectivity index (χ1v) is 7.47. The van der Waals surface area contributed by atoms with E-state index in [1.807, 2.05) is 12.1 Å². The highest BCUT2D eigenvalue weighted by molar-refractivity contribution is 5.33.